The van der Waals surface area contributed by atoms with Gasteiger partial charge in [-0.25, -0.2) is 4.98 Å². The first kappa shape index (κ1) is 16.1. The van der Waals surface area contributed by atoms with E-state index in [1.807, 2.05) is 35.2 Å². The van der Waals surface area contributed by atoms with Crippen LogP contribution in [0.5, 0.6) is 0 Å². The molecule has 2 aromatic rings. The maximum Gasteiger partial charge on any atom is 0.239 e. The van der Waals surface area contributed by atoms with Crippen LogP contribution >= 0.6 is 0 Å². The van der Waals surface area contributed by atoms with Crippen molar-refractivity contribution in [2.24, 2.45) is 0 Å². The Hall–Kier alpha value is -2.80. The molecule has 1 aliphatic rings. The van der Waals surface area contributed by atoms with Crippen LogP contribution in [0, 0.1) is 0 Å². The Morgan fingerprint density at radius 1 is 1.29 bits per heavy atom. The third-order valence-corrected chi connectivity index (χ3v) is 3.90. The number of rotatable bonds is 4. The molecule has 1 aliphatic heterocycles. The van der Waals surface area contributed by atoms with Crippen LogP contribution < -0.4 is 10.6 Å². The summed E-state index contributed by atoms with van der Waals surface area (Å²) < 4.78 is 0. The lowest BCUT2D eigenvalue weighted by Gasteiger charge is -2.28. The van der Waals surface area contributed by atoms with Crippen molar-refractivity contribution < 1.29 is 9.59 Å². The summed E-state index contributed by atoms with van der Waals surface area (Å²) in [5, 5.41) is 5.60. The lowest BCUT2D eigenvalue weighted by atomic mass is 10.0. The van der Waals surface area contributed by atoms with Crippen LogP contribution in [0.2, 0.25) is 0 Å². The number of carbonyl (C=O) groups is 2. The third-order valence-electron chi connectivity index (χ3n) is 3.90. The number of aromatic nitrogens is 2. The molecule has 1 atom stereocenters. The van der Waals surface area contributed by atoms with E-state index in [4.69, 9.17) is 0 Å². The average Bonchev–Trinajstić information content (AvgIpc) is 2.78. The molecule has 7 heteroatoms. The zero-order valence-electron chi connectivity index (χ0n) is 13.2. The first-order chi connectivity index (χ1) is 11.7. The molecule has 3 rings (SSSR count). The van der Waals surface area contributed by atoms with Crippen molar-refractivity contribution in [3.63, 3.8) is 0 Å². The largest absolute Gasteiger partial charge is 0.355 e. The first-order valence-corrected chi connectivity index (χ1v) is 7.84. The van der Waals surface area contributed by atoms with E-state index >= 15 is 0 Å². The summed E-state index contributed by atoms with van der Waals surface area (Å²) in [5.41, 5.74) is 1.03. The third kappa shape index (κ3) is 4.14. The number of hydrogen-bond donors (Lipinski definition) is 2. The summed E-state index contributed by atoms with van der Waals surface area (Å²) in [6.07, 6.45) is 4.91. The van der Waals surface area contributed by atoms with Gasteiger partial charge in [0.1, 0.15) is 0 Å². The molecule has 1 saturated heterocycles. The highest BCUT2D eigenvalue weighted by atomic mass is 16.2. The smallest absolute Gasteiger partial charge is 0.239 e. The van der Waals surface area contributed by atoms with E-state index in [0.717, 1.165) is 5.56 Å². The highest BCUT2D eigenvalue weighted by Gasteiger charge is 2.27. The van der Waals surface area contributed by atoms with Crippen LogP contribution in [0.25, 0.3) is 0 Å². The van der Waals surface area contributed by atoms with E-state index < -0.39 is 0 Å². The summed E-state index contributed by atoms with van der Waals surface area (Å²) in [6, 6.07) is 9.66. The zero-order chi connectivity index (χ0) is 16.8. The minimum Gasteiger partial charge on any atom is -0.355 e. The van der Waals surface area contributed by atoms with Gasteiger partial charge in [0.05, 0.1) is 12.7 Å². The van der Waals surface area contributed by atoms with Gasteiger partial charge in [-0.2, -0.15) is 0 Å². The minimum absolute atomic E-state index is 0.000636. The van der Waals surface area contributed by atoms with E-state index in [0.29, 0.717) is 25.3 Å². The number of amides is 2. The van der Waals surface area contributed by atoms with E-state index in [9.17, 15) is 9.59 Å². The Balaban J connectivity index is 1.73. The van der Waals surface area contributed by atoms with Crippen LogP contribution in [-0.4, -0.2) is 46.3 Å². The molecule has 1 aromatic carbocycles. The normalized spacial score (nSPS) is 18.5. The number of benzene rings is 1. The standard InChI is InChI=1S/C17H19N5O2/c23-16-10-14(13-4-2-1-3-5-13)22(9-8-20-16)12-17(24)21-15-11-18-6-7-19-15/h1-7,11,14H,8-10,12H2,(H,20,23)(H,19,21,24). The first-order valence-electron chi connectivity index (χ1n) is 7.84. The van der Waals surface area contributed by atoms with E-state index in [1.165, 1.54) is 12.4 Å². The Kier molecular flexibility index (Phi) is 5.12. The molecule has 0 radical (unpaired) electrons. The van der Waals surface area contributed by atoms with Crippen molar-refractivity contribution in [2.45, 2.75) is 12.5 Å². The molecule has 1 fully saturated rings. The van der Waals surface area contributed by atoms with Crippen molar-refractivity contribution in [3.8, 4) is 0 Å². The van der Waals surface area contributed by atoms with Gasteiger partial charge < -0.3 is 10.6 Å². The topological polar surface area (TPSA) is 87.2 Å². The number of nitrogens with one attached hydrogen (secondary N) is 2. The summed E-state index contributed by atoms with van der Waals surface area (Å²) in [7, 11) is 0. The molecule has 0 saturated carbocycles. The van der Waals surface area contributed by atoms with Crippen LogP contribution in [0.3, 0.4) is 0 Å². The molecular formula is C17H19N5O2. The molecular weight excluding hydrogens is 306 g/mol. The van der Waals surface area contributed by atoms with Gasteiger partial charge in [0, 0.05) is 37.9 Å². The second kappa shape index (κ2) is 7.65. The predicted molar refractivity (Wildman–Crippen MR) is 89.0 cm³/mol. The fraction of sp³-hybridized carbons (Fsp3) is 0.294. The molecule has 0 aliphatic carbocycles. The number of anilines is 1. The van der Waals surface area contributed by atoms with Gasteiger partial charge in [0.15, 0.2) is 5.82 Å². The van der Waals surface area contributed by atoms with Crippen molar-refractivity contribution in [1.82, 2.24) is 20.2 Å². The summed E-state index contributed by atoms with van der Waals surface area (Å²) in [5.74, 6) is 0.245. The van der Waals surface area contributed by atoms with Crippen molar-refractivity contribution in [1.29, 1.82) is 0 Å². The van der Waals surface area contributed by atoms with Gasteiger partial charge in [-0.05, 0) is 5.56 Å². The second-order valence-electron chi connectivity index (χ2n) is 5.59. The molecule has 0 bridgehead atoms. The fourth-order valence-electron chi connectivity index (χ4n) is 2.80. The van der Waals surface area contributed by atoms with Crippen molar-refractivity contribution in [2.75, 3.05) is 25.0 Å². The average molecular weight is 325 g/mol. The Morgan fingerprint density at radius 3 is 2.88 bits per heavy atom. The van der Waals surface area contributed by atoms with Gasteiger partial charge in [-0.1, -0.05) is 30.3 Å². The summed E-state index contributed by atoms with van der Waals surface area (Å²) in [6.45, 7) is 1.32. The Labute approximate surface area is 140 Å². The molecule has 2 amide bonds. The van der Waals surface area contributed by atoms with Crippen molar-refractivity contribution >= 4 is 17.6 Å². The predicted octanol–water partition coefficient (Wildman–Crippen LogP) is 0.978. The molecule has 124 valence electrons. The summed E-state index contributed by atoms with van der Waals surface area (Å²) in [4.78, 5) is 34.2. The lowest BCUT2D eigenvalue weighted by molar-refractivity contribution is -0.122. The molecule has 1 aromatic heterocycles. The van der Waals surface area contributed by atoms with Gasteiger partial charge in [-0.15, -0.1) is 0 Å². The number of carbonyl (C=O) groups excluding carboxylic acids is 2. The van der Waals surface area contributed by atoms with Crippen LogP contribution in [-0.2, 0) is 9.59 Å². The Bertz CT molecular complexity index is 693. The fourth-order valence-corrected chi connectivity index (χ4v) is 2.80. The molecule has 2 heterocycles. The van der Waals surface area contributed by atoms with Gasteiger partial charge in [0.25, 0.3) is 0 Å². The van der Waals surface area contributed by atoms with E-state index in [-0.39, 0.29) is 24.4 Å². The summed E-state index contributed by atoms with van der Waals surface area (Å²) >= 11 is 0. The Morgan fingerprint density at radius 2 is 2.12 bits per heavy atom. The maximum absolute atomic E-state index is 12.3. The van der Waals surface area contributed by atoms with Gasteiger partial charge >= 0.3 is 0 Å². The van der Waals surface area contributed by atoms with Gasteiger partial charge in [-0.3, -0.25) is 19.5 Å². The molecule has 2 N–H and O–H groups in total. The lowest BCUT2D eigenvalue weighted by Crippen LogP contribution is -2.37. The molecule has 24 heavy (non-hydrogen) atoms. The molecule has 7 nitrogen and oxygen atoms in total. The highest BCUT2D eigenvalue weighted by molar-refractivity contribution is 5.91. The molecule has 1 unspecified atom stereocenters. The monoisotopic (exact) mass is 325 g/mol. The number of hydrogen-bond acceptors (Lipinski definition) is 5. The van der Waals surface area contributed by atoms with Gasteiger partial charge in [0.2, 0.25) is 11.8 Å². The van der Waals surface area contributed by atoms with Crippen molar-refractivity contribution in [3.05, 3.63) is 54.5 Å². The SMILES string of the molecule is O=C1CC(c2ccccc2)N(CC(=O)Nc2cnccn2)CCN1. The zero-order valence-corrected chi connectivity index (χ0v) is 13.2. The molecule has 0 spiro atoms. The highest BCUT2D eigenvalue weighted by Crippen LogP contribution is 2.25. The quantitative estimate of drug-likeness (QED) is 0.875. The van der Waals surface area contributed by atoms with Crippen LogP contribution in [0.1, 0.15) is 18.0 Å². The maximum atomic E-state index is 12.3. The minimum atomic E-state index is -0.175. The van der Waals surface area contributed by atoms with E-state index in [1.54, 1.807) is 6.20 Å². The van der Waals surface area contributed by atoms with E-state index in [2.05, 4.69) is 20.6 Å². The second-order valence-corrected chi connectivity index (χ2v) is 5.59. The number of nitrogens with zero attached hydrogens (tertiary/aromatic N) is 3. The van der Waals surface area contributed by atoms with Crippen LogP contribution in [0.15, 0.2) is 48.9 Å². The van der Waals surface area contributed by atoms with Crippen LogP contribution in [0.4, 0.5) is 5.82 Å².